The first-order valence-electron chi connectivity index (χ1n) is 11.7. The van der Waals surface area contributed by atoms with Crippen LogP contribution in [0.3, 0.4) is 0 Å². The molecule has 180 valence electrons. The highest BCUT2D eigenvalue weighted by Crippen LogP contribution is 2.42. The summed E-state index contributed by atoms with van der Waals surface area (Å²) in [4.78, 5) is 15.8. The Hall–Kier alpha value is -3.08. The molecular formula is C27H31FN2O4. The Morgan fingerprint density at radius 2 is 2.03 bits per heavy atom. The van der Waals surface area contributed by atoms with Crippen molar-refractivity contribution in [1.29, 1.82) is 0 Å². The maximum absolute atomic E-state index is 12.6. The van der Waals surface area contributed by atoms with Crippen LogP contribution in [0.4, 0.5) is 4.39 Å². The molecule has 0 aromatic heterocycles. The van der Waals surface area contributed by atoms with E-state index in [-0.39, 0.29) is 18.3 Å². The standard InChI is InChI=1S/C27H31FN2O4/c1-3-27(22-4-7-24(8-5-22)34-13-12-29-17-20(15-28)18-29)25-9-6-23(31)14-21(25)10-11-30(27)16-19(2)26(32)33/h1,4-9,14,19-20,31H,10-13,15-18H2,2H3,(H,32,33)/t19-,27+/m1/s1. The number of carboxylic acids is 1. The fraction of sp³-hybridized carbons (Fsp3) is 0.444. The van der Waals surface area contributed by atoms with E-state index in [1.54, 1.807) is 19.1 Å². The number of alkyl halides is 1. The minimum atomic E-state index is -0.956. The lowest BCUT2D eigenvalue weighted by Crippen LogP contribution is -2.52. The summed E-state index contributed by atoms with van der Waals surface area (Å²) in [5.41, 5.74) is 1.73. The molecular weight excluding hydrogens is 435 g/mol. The van der Waals surface area contributed by atoms with Crippen molar-refractivity contribution in [2.75, 3.05) is 46.0 Å². The number of phenolic OH excluding ortho intramolecular Hbond substituents is 1. The number of nitrogens with zero attached hydrogens (tertiary/aromatic N) is 2. The van der Waals surface area contributed by atoms with Crippen molar-refractivity contribution in [3.63, 3.8) is 0 Å². The van der Waals surface area contributed by atoms with E-state index in [1.807, 2.05) is 35.2 Å². The summed E-state index contributed by atoms with van der Waals surface area (Å²) in [6, 6.07) is 12.8. The van der Waals surface area contributed by atoms with Gasteiger partial charge in [-0.3, -0.25) is 19.0 Å². The number of benzene rings is 2. The zero-order chi connectivity index (χ0) is 24.3. The van der Waals surface area contributed by atoms with Crippen molar-refractivity contribution in [1.82, 2.24) is 9.80 Å². The third-order valence-electron chi connectivity index (χ3n) is 6.93. The fourth-order valence-electron chi connectivity index (χ4n) is 5.00. The SMILES string of the molecule is C#C[C@]1(c2ccc(OCCN3CC(CF)C3)cc2)c2ccc(O)cc2CCN1C[C@@H](C)C(=O)O. The Balaban J connectivity index is 1.57. The van der Waals surface area contributed by atoms with Gasteiger partial charge in [-0.15, -0.1) is 6.42 Å². The molecule has 0 radical (unpaired) electrons. The largest absolute Gasteiger partial charge is 0.508 e. The third kappa shape index (κ3) is 4.61. The summed E-state index contributed by atoms with van der Waals surface area (Å²) in [7, 11) is 0. The number of likely N-dealkylation sites (tertiary alicyclic amines) is 1. The quantitative estimate of drug-likeness (QED) is 0.554. The number of aliphatic carboxylic acids is 1. The predicted molar refractivity (Wildman–Crippen MR) is 128 cm³/mol. The summed E-state index contributed by atoms with van der Waals surface area (Å²) in [6.07, 6.45) is 6.86. The van der Waals surface area contributed by atoms with Gasteiger partial charge in [-0.2, -0.15) is 0 Å². The molecule has 2 aliphatic rings. The molecule has 2 aromatic carbocycles. The second-order valence-electron chi connectivity index (χ2n) is 9.28. The first kappa shape index (κ1) is 24.1. The number of aromatic hydroxyl groups is 1. The number of ether oxygens (including phenoxy) is 1. The molecule has 7 heteroatoms. The van der Waals surface area contributed by atoms with Crippen molar-refractivity contribution in [3.8, 4) is 23.8 Å². The van der Waals surface area contributed by atoms with Crippen LogP contribution < -0.4 is 4.74 Å². The number of halogens is 1. The van der Waals surface area contributed by atoms with E-state index >= 15 is 0 Å². The lowest BCUT2D eigenvalue weighted by atomic mass is 9.75. The summed E-state index contributed by atoms with van der Waals surface area (Å²) in [5, 5.41) is 19.5. The number of hydrogen-bond donors (Lipinski definition) is 2. The molecule has 2 atom stereocenters. The van der Waals surface area contributed by atoms with Crippen LogP contribution >= 0.6 is 0 Å². The van der Waals surface area contributed by atoms with Crippen LogP contribution in [0.5, 0.6) is 11.5 Å². The van der Waals surface area contributed by atoms with E-state index in [4.69, 9.17) is 11.2 Å². The smallest absolute Gasteiger partial charge is 0.307 e. The molecule has 0 aliphatic carbocycles. The number of rotatable bonds is 9. The van der Waals surface area contributed by atoms with Gasteiger partial charge in [-0.05, 0) is 47.4 Å². The second kappa shape index (κ2) is 10.0. The normalized spacial score (nSPS) is 21.8. The number of terminal acetylenes is 1. The highest BCUT2D eigenvalue weighted by molar-refractivity contribution is 5.70. The Kier molecular flexibility index (Phi) is 7.11. The van der Waals surface area contributed by atoms with E-state index in [2.05, 4.69) is 10.8 Å². The van der Waals surface area contributed by atoms with E-state index in [0.717, 1.165) is 36.3 Å². The van der Waals surface area contributed by atoms with Gasteiger partial charge in [0.1, 0.15) is 23.6 Å². The molecule has 1 saturated heterocycles. The second-order valence-corrected chi connectivity index (χ2v) is 9.28. The molecule has 2 aliphatic heterocycles. The number of hydrogen-bond acceptors (Lipinski definition) is 5. The molecule has 2 heterocycles. The average Bonchev–Trinajstić information content (AvgIpc) is 2.81. The van der Waals surface area contributed by atoms with Gasteiger partial charge < -0.3 is 14.9 Å². The highest BCUT2D eigenvalue weighted by Gasteiger charge is 2.44. The molecule has 6 nitrogen and oxygen atoms in total. The maximum Gasteiger partial charge on any atom is 0.307 e. The van der Waals surface area contributed by atoms with Crippen LogP contribution in [-0.2, 0) is 16.8 Å². The molecule has 0 amide bonds. The zero-order valence-corrected chi connectivity index (χ0v) is 19.4. The van der Waals surface area contributed by atoms with E-state index < -0.39 is 17.4 Å². The summed E-state index contributed by atoms with van der Waals surface area (Å²) >= 11 is 0. The first-order chi connectivity index (χ1) is 16.4. The zero-order valence-electron chi connectivity index (χ0n) is 19.4. The van der Waals surface area contributed by atoms with Crippen LogP contribution in [0.2, 0.25) is 0 Å². The maximum atomic E-state index is 12.6. The highest BCUT2D eigenvalue weighted by atomic mass is 19.1. The number of fused-ring (bicyclic) bond motifs is 1. The lowest BCUT2D eigenvalue weighted by molar-refractivity contribution is -0.142. The Labute approximate surface area is 199 Å². The topological polar surface area (TPSA) is 73.2 Å². The van der Waals surface area contributed by atoms with E-state index in [9.17, 15) is 19.4 Å². The van der Waals surface area contributed by atoms with Crippen molar-refractivity contribution in [2.45, 2.75) is 18.9 Å². The molecule has 1 fully saturated rings. The number of phenols is 1. The van der Waals surface area contributed by atoms with Crippen LogP contribution in [0, 0.1) is 24.2 Å². The first-order valence-corrected chi connectivity index (χ1v) is 11.7. The molecule has 0 bridgehead atoms. The minimum Gasteiger partial charge on any atom is -0.508 e. The van der Waals surface area contributed by atoms with Crippen molar-refractivity contribution in [3.05, 3.63) is 59.2 Å². The number of carbonyl (C=O) groups is 1. The molecule has 2 aromatic rings. The van der Waals surface area contributed by atoms with Gasteiger partial charge in [0.15, 0.2) is 0 Å². The van der Waals surface area contributed by atoms with Crippen molar-refractivity contribution in [2.24, 2.45) is 11.8 Å². The van der Waals surface area contributed by atoms with Gasteiger partial charge in [0.05, 0.1) is 12.6 Å². The molecule has 0 spiro atoms. The average molecular weight is 467 g/mol. The van der Waals surface area contributed by atoms with Gasteiger partial charge in [0.25, 0.3) is 0 Å². The van der Waals surface area contributed by atoms with Crippen molar-refractivity contribution < 1.29 is 24.1 Å². The molecule has 0 saturated carbocycles. The lowest BCUT2D eigenvalue weighted by Gasteiger charge is -2.46. The minimum absolute atomic E-state index is 0.159. The van der Waals surface area contributed by atoms with Crippen LogP contribution in [0.15, 0.2) is 42.5 Å². The van der Waals surface area contributed by atoms with Crippen molar-refractivity contribution >= 4 is 5.97 Å². The molecule has 4 rings (SSSR count). The summed E-state index contributed by atoms with van der Waals surface area (Å²) in [5.74, 6) is 2.57. The summed E-state index contributed by atoms with van der Waals surface area (Å²) in [6.45, 7) is 5.13. The fourth-order valence-corrected chi connectivity index (χ4v) is 5.00. The Bertz CT molecular complexity index is 1060. The van der Waals surface area contributed by atoms with Gasteiger partial charge in [0, 0.05) is 38.6 Å². The van der Waals surface area contributed by atoms with Gasteiger partial charge >= 0.3 is 5.97 Å². The van der Waals surface area contributed by atoms with Gasteiger partial charge in [-0.1, -0.05) is 31.0 Å². The van der Waals surface area contributed by atoms with E-state index in [1.165, 1.54) is 0 Å². The Morgan fingerprint density at radius 3 is 2.68 bits per heavy atom. The third-order valence-corrected chi connectivity index (χ3v) is 6.93. The van der Waals surface area contributed by atoms with Crippen LogP contribution in [0.25, 0.3) is 0 Å². The Morgan fingerprint density at radius 1 is 1.29 bits per heavy atom. The van der Waals surface area contributed by atoms with Gasteiger partial charge in [-0.25, -0.2) is 0 Å². The van der Waals surface area contributed by atoms with Crippen LogP contribution in [0.1, 0.15) is 23.6 Å². The predicted octanol–water partition coefficient (Wildman–Crippen LogP) is 3.13. The molecule has 0 unspecified atom stereocenters. The number of carboxylic acid groups (broad SMARTS) is 1. The van der Waals surface area contributed by atoms with E-state index in [0.29, 0.717) is 31.9 Å². The molecule has 34 heavy (non-hydrogen) atoms. The summed E-state index contributed by atoms with van der Waals surface area (Å²) < 4.78 is 18.5. The van der Waals surface area contributed by atoms with Gasteiger partial charge in [0.2, 0.25) is 0 Å². The molecule has 2 N–H and O–H groups in total. The van der Waals surface area contributed by atoms with Crippen LogP contribution in [-0.4, -0.2) is 72.0 Å². The monoisotopic (exact) mass is 466 g/mol.